The Morgan fingerprint density at radius 3 is 2.86 bits per heavy atom. The molecule has 0 atom stereocenters. The number of benzene rings is 1. The SMILES string of the molecule is CS(=O)(=O)c1cccc(Cl)c1CNCCCn1ccnn1. The van der Waals surface area contributed by atoms with Crippen LogP contribution in [0.4, 0.5) is 0 Å². The molecule has 114 valence electrons. The first-order valence-corrected chi connectivity index (χ1v) is 8.77. The van der Waals surface area contributed by atoms with Gasteiger partial charge < -0.3 is 5.32 Å². The molecule has 0 spiro atoms. The van der Waals surface area contributed by atoms with Gasteiger partial charge in [-0.05, 0) is 25.1 Å². The second kappa shape index (κ2) is 7.02. The van der Waals surface area contributed by atoms with E-state index in [-0.39, 0.29) is 4.90 Å². The number of nitrogens with zero attached hydrogens (tertiary/aromatic N) is 3. The van der Waals surface area contributed by atoms with Crippen LogP contribution in [0.3, 0.4) is 0 Å². The lowest BCUT2D eigenvalue weighted by molar-refractivity contribution is 0.528. The fourth-order valence-corrected chi connectivity index (χ4v) is 3.24. The summed E-state index contributed by atoms with van der Waals surface area (Å²) >= 11 is 6.10. The lowest BCUT2D eigenvalue weighted by atomic mass is 10.2. The lowest BCUT2D eigenvalue weighted by Gasteiger charge is -2.11. The molecule has 8 heteroatoms. The number of hydrogen-bond donors (Lipinski definition) is 1. The van der Waals surface area contributed by atoms with Crippen molar-refractivity contribution < 1.29 is 8.42 Å². The summed E-state index contributed by atoms with van der Waals surface area (Å²) in [5, 5.41) is 11.3. The molecule has 0 aliphatic carbocycles. The van der Waals surface area contributed by atoms with Crippen LogP contribution >= 0.6 is 11.6 Å². The second-order valence-corrected chi connectivity index (χ2v) is 7.08. The molecule has 0 fully saturated rings. The van der Waals surface area contributed by atoms with Crippen LogP contribution in [0.15, 0.2) is 35.5 Å². The van der Waals surface area contributed by atoms with Crippen molar-refractivity contribution in [3.05, 3.63) is 41.2 Å². The van der Waals surface area contributed by atoms with E-state index in [2.05, 4.69) is 15.6 Å². The average molecular weight is 329 g/mol. The van der Waals surface area contributed by atoms with E-state index in [0.717, 1.165) is 19.5 Å². The first-order valence-electron chi connectivity index (χ1n) is 6.51. The van der Waals surface area contributed by atoms with Crippen molar-refractivity contribution in [2.45, 2.75) is 24.4 Å². The molecule has 1 heterocycles. The molecule has 0 radical (unpaired) electrons. The van der Waals surface area contributed by atoms with Crippen LogP contribution in [-0.4, -0.2) is 36.2 Å². The Hall–Kier alpha value is -1.44. The third-order valence-electron chi connectivity index (χ3n) is 2.99. The molecule has 6 nitrogen and oxygen atoms in total. The standard InChI is InChI=1S/C13H17ClN4O2S/c1-21(19,20)13-5-2-4-12(14)11(13)10-15-6-3-8-18-9-7-16-17-18/h2,4-5,7,9,15H,3,6,8,10H2,1H3. The van der Waals surface area contributed by atoms with Crippen LogP contribution in [0.5, 0.6) is 0 Å². The summed E-state index contributed by atoms with van der Waals surface area (Å²) in [6.45, 7) is 1.90. The van der Waals surface area contributed by atoms with E-state index in [1.807, 2.05) is 0 Å². The number of halogens is 1. The van der Waals surface area contributed by atoms with Crippen molar-refractivity contribution in [1.29, 1.82) is 0 Å². The van der Waals surface area contributed by atoms with Gasteiger partial charge in [0.25, 0.3) is 0 Å². The van der Waals surface area contributed by atoms with E-state index in [9.17, 15) is 8.42 Å². The maximum atomic E-state index is 11.7. The first-order chi connectivity index (χ1) is 9.98. The molecule has 0 aliphatic heterocycles. The highest BCUT2D eigenvalue weighted by Crippen LogP contribution is 2.23. The largest absolute Gasteiger partial charge is 0.313 e. The van der Waals surface area contributed by atoms with Gasteiger partial charge in [0.15, 0.2) is 9.84 Å². The van der Waals surface area contributed by atoms with Gasteiger partial charge >= 0.3 is 0 Å². The molecule has 1 aromatic heterocycles. The van der Waals surface area contributed by atoms with E-state index in [1.165, 1.54) is 6.26 Å². The van der Waals surface area contributed by atoms with E-state index in [1.54, 1.807) is 35.3 Å². The van der Waals surface area contributed by atoms with E-state index >= 15 is 0 Å². The van der Waals surface area contributed by atoms with E-state index in [4.69, 9.17) is 11.6 Å². The van der Waals surface area contributed by atoms with Gasteiger partial charge in [0.1, 0.15) is 0 Å². The topological polar surface area (TPSA) is 76.9 Å². The summed E-state index contributed by atoms with van der Waals surface area (Å²) in [6.07, 6.45) is 5.49. The lowest BCUT2D eigenvalue weighted by Crippen LogP contribution is -2.18. The van der Waals surface area contributed by atoms with Gasteiger partial charge in [-0.15, -0.1) is 5.10 Å². The Morgan fingerprint density at radius 2 is 2.19 bits per heavy atom. The Labute approximate surface area is 129 Å². The number of rotatable bonds is 7. The summed E-state index contributed by atoms with van der Waals surface area (Å²) in [6, 6.07) is 4.92. The fourth-order valence-electron chi connectivity index (χ4n) is 1.99. The molecule has 0 aliphatic rings. The minimum Gasteiger partial charge on any atom is -0.313 e. The Balaban J connectivity index is 1.91. The quantitative estimate of drug-likeness (QED) is 0.780. The van der Waals surface area contributed by atoms with Crippen LogP contribution in [0.1, 0.15) is 12.0 Å². The Kier molecular flexibility index (Phi) is 5.33. The minimum absolute atomic E-state index is 0.277. The number of nitrogens with one attached hydrogen (secondary N) is 1. The number of sulfone groups is 1. The zero-order valence-electron chi connectivity index (χ0n) is 11.7. The number of aryl methyl sites for hydroxylation is 1. The molecule has 0 bridgehead atoms. The van der Waals surface area contributed by atoms with Gasteiger partial charge in [0.05, 0.1) is 11.1 Å². The fraction of sp³-hybridized carbons (Fsp3) is 0.385. The second-order valence-electron chi connectivity index (χ2n) is 4.69. The zero-order chi connectivity index (χ0) is 15.3. The molecular formula is C13H17ClN4O2S. The van der Waals surface area contributed by atoms with Crippen LogP contribution < -0.4 is 5.32 Å². The molecule has 1 N–H and O–H groups in total. The molecule has 1 aromatic carbocycles. The van der Waals surface area contributed by atoms with E-state index < -0.39 is 9.84 Å². The minimum atomic E-state index is -3.28. The highest BCUT2D eigenvalue weighted by atomic mass is 35.5. The third kappa shape index (κ3) is 4.52. The Bertz CT molecular complexity index is 686. The smallest absolute Gasteiger partial charge is 0.175 e. The van der Waals surface area contributed by atoms with Crippen molar-refractivity contribution >= 4 is 21.4 Å². The zero-order valence-corrected chi connectivity index (χ0v) is 13.2. The summed E-state index contributed by atoms with van der Waals surface area (Å²) in [4.78, 5) is 0.277. The van der Waals surface area contributed by atoms with Crippen LogP contribution in [0.2, 0.25) is 5.02 Å². The Morgan fingerprint density at radius 1 is 1.38 bits per heavy atom. The molecule has 2 rings (SSSR count). The van der Waals surface area contributed by atoms with Crippen LogP contribution in [-0.2, 0) is 22.9 Å². The van der Waals surface area contributed by atoms with Gasteiger partial charge in [-0.3, -0.25) is 4.68 Å². The predicted molar refractivity (Wildman–Crippen MR) is 80.9 cm³/mol. The summed E-state index contributed by atoms with van der Waals surface area (Å²) in [7, 11) is -3.28. The monoisotopic (exact) mass is 328 g/mol. The van der Waals surface area contributed by atoms with Gasteiger partial charge in [0.2, 0.25) is 0 Å². The molecule has 0 amide bonds. The molecule has 21 heavy (non-hydrogen) atoms. The van der Waals surface area contributed by atoms with Crippen molar-refractivity contribution in [2.75, 3.05) is 12.8 Å². The maximum absolute atomic E-state index is 11.7. The number of aromatic nitrogens is 3. The maximum Gasteiger partial charge on any atom is 0.175 e. The number of hydrogen-bond acceptors (Lipinski definition) is 5. The highest BCUT2D eigenvalue weighted by Gasteiger charge is 2.15. The normalized spacial score (nSPS) is 11.7. The predicted octanol–water partition coefficient (Wildman–Crippen LogP) is 1.51. The summed E-state index contributed by atoms with van der Waals surface area (Å²) in [5.74, 6) is 0. The average Bonchev–Trinajstić information content (AvgIpc) is 2.92. The van der Waals surface area contributed by atoms with Crippen molar-refractivity contribution in [2.24, 2.45) is 0 Å². The van der Waals surface area contributed by atoms with Crippen molar-refractivity contribution in [1.82, 2.24) is 20.3 Å². The molecule has 0 saturated carbocycles. The van der Waals surface area contributed by atoms with Crippen molar-refractivity contribution in [3.63, 3.8) is 0 Å². The first kappa shape index (κ1) is 15.9. The molecule has 0 saturated heterocycles. The van der Waals surface area contributed by atoms with Crippen LogP contribution in [0.25, 0.3) is 0 Å². The summed E-state index contributed by atoms with van der Waals surface area (Å²) in [5.41, 5.74) is 0.613. The van der Waals surface area contributed by atoms with Gasteiger partial charge in [-0.2, -0.15) is 0 Å². The molecule has 2 aromatic rings. The van der Waals surface area contributed by atoms with Crippen LogP contribution in [0, 0.1) is 0 Å². The highest BCUT2D eigenvalue weighted by molar-refractivity contribution is 7.90. The third-order valence-corrected chi connectivity index (χ3v) is 4.53. The van der Waals surface area contributed by atoms with Gasteiger partial charge in [-0.1, -0.05) is 22.9 Å². The molecule has 0 unspecified atom stereocenters. The van der Waals surface area contributed by atoms with E-state index in [0.29, 0.717) is 17.1 Å². The van der Waals surface area contributed by atoms with Crippen molar-refractivity contribution in [3.8, 4) is 0 Å². The molecular weight excluding hydrogens is 312 g/mol. The summed E-state index contributed by atoms with van der Waals surface area (Å²) < 4.78 is 25.2. The van der Waals surface area contributed by atoms with Gasteiger partial charge in [0, 0.05) is 36.1 Å². The van der Waals surface area contributed by atoms with Gasteiger partial charge in [-0.25, -0.2) is 8.42 Å².